The Morgan fingerprint density at radius 3 is 2.79 bits per heavy atom. The summed E-state index contributed by atoms with van der Waals surface area (Å²) in [5.74, 6) is 0. The molecule has 1 aliphatic rings. The first-order valence-corrected chi connectivity index (χ1v) is 7.24. The molecule has 0 aromatic heterocycles. The van der Waals surface area contributed by atoms with E-state index in [2.05, 4.69) is 47.5 Å². The van der Waals surface area contributed by atoms with Gasteiger partial charge in [-0.25, -0.2) is 0 Å². The number of rotatable bonds is 6. The van der Waals surface area contributed by atoms with Crippen LogP contribution < -0.4 is 5.32 Å². The molecule has 0 bridgehead atoms. The fraction of sp³-hybridized carbons (Fsp3) is 0.562. The van der Waals surface area contributed by atoms with Gasteiger partial charge in [0, 0.05) is 18.6 Å². The van der Waals surface area contributed by atoms with Gasteiger partial charge in [-0.05, 0) is 31.5 Å². The highest BCUT2D eigenvalue weighted by molar-refractivity contribution is 5.20. The smallest absolute Gasteiger partial charge is 0.0641 e. The average molecular weight is 257 g/mol. The summed E-state index contributed by atoms with van der Waals surface area (Å²) in [6.45, 7) is 5.34. The number of nitriles is 1. The third kappa shape index (κ3) is 3.79. The molecule has 1 aromatic rings. The van der Waals surface area contributed by atoms with Gasteiger partial charge in [0.2, 0.25) is 0 Å². The molecule has 0 saturated carbocycles. The summed E-state index contributed by atoms with van der Waals surface area (Å²) in [5.41, 5.74) is 1.25. The van der Waals surface area contributed by atoms with Crippen molar-refractivity contribution in [2.75, 3.05) is 19.6 Å². The fourth-order valence-electron chi connectivity index (χ4n) is 2.89. The largest absolute Gasteiger partial charge is 0.313 e. The second kappa shape index (κ2) is 7.28. The van der Waals surface area contributed by atoms with Crippen LogP contribution in [0.25, 0.3) is 0 Å². The molecule has 1 N–H and O–H groups in total. The van der Waals surface area contributed by atoms with Crippen molar-refractivity contribution in [2.45, 2.75) is 38.3 Å². The van der Waals surface area contributed by atoms with E-state index in [4.69, 9.17) is 5.26 Å². The van der Waals surface area contributed by atoms with Crippen LogP contribution in [0.1, 0.15) is 37.8 Å². The molecule has 3 nitrogen and oxygen atoms in total. The van der Waals surface area contributed by atoms with Crippen LogP contribution in [0.5, 0.6) is 0 Å². The highest BCUT2D eigenvalue weighted by Crippen LogP contribution is 2.24. The minimum atomic E-state index is 0.221. The zero-order valence-electron chi connectivity index (χ0n) is 11.7. The molecule has 2 rings (SSSR count). The van der Waals surface area contributed by atoms with Crippen molar-refractivity contribution in [2.24, 2.45) is 0 Å². The lowest BCUT2D eigenvalue weighted by Crippen LogP contribution is -2.39. The first-order chi connectivity index (χ1) is 9.35. The molecular formula is C16H23N3. The molecule has 2 unspecified atom stereocenters. The number of nitrogens with zero attached hydrogens (tertiary/aromatic N) is 2. The summed E-state index contributed by atoms with van der Waals surface area (Å²) in [4.78, 5) is 2.43. The first kappa shape index (κ1) is 14.0. The van der Waals surface area contributed by atoms with Gasteiger partial charge >= 0.3 is 0 Å². The lowest BCUT2D eigenvalue weighted by molar-refractivity contribution is 0.192. The summed E-state index contributed by atoms with van der Waals surface area (Å²) in [5, 5.41) is 12.7. The third-order valence-electron chi connectivity index (χ3n) is 3.93. The number of hydrogen-bond acceptors (Lipinski definition) is 3. The van der Waals surface area contributed by atoms with E-state index in [1.165, 1.54) is 18.4 Å². The quantitative estimate of drug-likeness (QED) is 0.851. The number of nitrogens with one attached hydrogen (secondary N) is 1. The molecule has 1 aromatic carbocycles. The zero-order valence-corrected chi connectivity index (χ0v) is 11.7. The van der Waals surface area contributed by atoms with Crippen LogP contribution in [0.15, 0.2) is 30.3 Å². The van der Waals surface area contributed by atoms with Crippen molar-refractivity contribution >= 4 is 0 Å². The Morgan fingerprint density at radius 2 is 2.21 bits per heavy atom. The van der Waals surface area contributed by atoms with Gasteiger partial charge in [0.15, 0.2) is 0 Å². The molecule has 0 radical (unpaired) electrons. The molecule has 0 aliphatic carbocycles. The molecule has 1 heterocycles. The van der Waals surface area contributed by atoms with E-state index in [0.717, 1.165) is 19.6 Å². The molecule has 1 aliphatic heterocycles. The predicted molar refractivity (Wildman–Crippen MR) is 77.7 cm³/mol. The predicted octanol–water partition coefficient (Wildman–Crippen LogP) is 2.72. The third-order valence-corrected chi connectivity index (χ3v) is 3.93. The van der Waals surface area contributed by atoms with Crippen LogP contribution >= 0.6 is 0 Å². The minimum absolute atomic E-state index is 0.221. The molecule has 0 spiro atoms. The van der Waals surface area contributed by atoms with Gasteiger partial charge in [-0.15, -0.1) is 0 Å². The van der Waals surface area contributed by atoms with E-state index >= 15 is 0 Å². The Labute approximate surface area is 116 Å². The Bertz CT molecular complexity index is 404. The summed E-state index contributed by atoms with van der Waals surface area (Å²) >= 11 is 0. The molecular weight excluding hydrogens is 234 g/mol. The maximum Gasteiger partial charge on any atom is 0.0641 e. The van der Waals surface area contributed by atoms with Crippen LogP contribution in [0.2, 0.25) is 0 Å². The average Bonchev–Trinajstić information content (AvgIpc) is 2.96. The molecule has 1 fully saturated rings. The highest BCUT2D eigenvalue weighted by Gasteiger charge is 2.23. The minimum Gasteiger partial charge on any atom is -0.313 e. The second-order valence-corrected chi connectivity index (χ2v) is 5.17. The van der Waals surface area contributed by atoms with Crippen molar-refractivity contribution in [3.63, 3.8) is 0 Å². The topological polar surface area (TPSA) is 39.1 Å². The van der Waals surface area contributed by atoms with Gasteiger partial charge in [0.25, 0.3) is 0 Å². The standard InChI is InChI=1S/C16H23N3/c1-2-19(13-15-9-6-12-18-15)16(10-11-17)14-7-4-3-5-8-14/h3-5,7-8,15-16,18H,2,6,9-10,12-13H2,1H3. The van der Waals surface area contributed by atoms with Gasteiger partial charge in [0.1, 0.15) is 0 Å². The Morgan fingerprint density at radius 1 is 1.42 bits per heavy atom. The molecule has 102 valence electrons. The first-order valence-electron chi connectivity index (χ1n) is 7.24. The molecule has 3 heteroatoms. The number of benzene rings is 1. The van der Waals surface area contributed by atoms with E-state index in [1.807, 2.05) is 6.07 Å². The molecule has 19 heavy (non-hydrogen) atoms. The van der Waals surface area contributed by atoms with Gasteiger partial charge in [-0.3, -0.25) is 4.90 Å². The Balaban J connectivity index is 2.09. The van der Waals surface area contributed by atoms with Gasteiger partial charge in [-0.2, -0.15) is 5.26 Å². The van der Waals surface area contributed by atoms with Gasteiger partial charge < -0.3 is 5.32 Å². The Hall–Kier alpha value is -1.37. The SMILES string of the molecule is CCN(CC1CCCN1)C(CC#N)c1ccccc1. The molecule has 0 amide bonds. The van der Waals surface area contributed by atoms with E-state index in [-0.39, 0.29) is 6.04 Å². The maximum atomic E-state index is 9.11. The monoisotopic (exact) mass is 257 g/mol. The Kier molecular flexibility index (Phi) is 5.38. The summed E-state index contributed by atoms with van der Waals surface area (Å²) < 4.78 is 0. The second-order valence-electron chi connectivity index (χ2n) is 5.17. The van der Waals surface area contributed by atoms with Crippen LogP contribution in [0, 0.1) is 11.3 Å². The maximum absolute atomic E-state index is 9.11. The van der Waals surface area contributed by atoms with Gasteiger partial charge in [-0.1, -0.05) is 37.3 Å². The number of hydrogen-bond donors (Lipinski definition) is 1. The van der Waals surface area contributed by atoms with Crippen molar-refractivity contribution in [1.82, 2.24) is 10.2 Å². The van der Waals surface area contributed by atoms with Crippen molar-refractivity contribution < 1.29 is 0 Å². The highest BCUT2D eigenvalue weighted by atomic mass is 15.2. The van der Waals surface area contributed by atoms with E-state index in [9.17, 15) is 0 Å². The van der Waals surface area contributed by atoms with Crippen LogP contribution in [-0.2, 0) is 0 Å². The summed E-state index contributed by atoms with van der Waals surface area (Å²) in [6.07, 6.45) is 3.09. The lowest BCUT2D eigenvalue weighted by Gasteiger charge is -2.31. The fourth-order valence-corrected chi connectivity index (χ4v) is 2.89. The molecule has 2 atom stereocenters. The summed E-state index contributed by atoms with van der Waals surface area (Å²) in [6, 6.07) is 13.6. The van der Waals surface area contributed by atoms with Crippen LogP contribution in [0.3, 0.4) is 0 Å². The van der Waals surface area contributed by atoms with Crippen molar-refractivity contribution in [1.29, 1.82) is 5.26 Å². The van der Waals surface area contributed by atoms with E-state index < -0.39 is 0 Å². The summed E-state index contributed by atoms with van der Waals surface area (Å²) in [7, 11) is 0. The molecule has 1 saturated heterocycles. The van der Waals surface area contributed by atoms with Crippen molar-refractivity contribution in [3.8, 4) is 6.07 Å². The van der Waals surface area contributed by atoms with Crippen molar-refractivity contribution in [3.05, 3.63) is 35.9 Å². The van der Waals surface area contributed by atoms with Crippen LogP contribution in [-0.4, -0.2) is 30.6 Å². The van der Waals surface area contributed by atoms with E-state index in [1.54, 1.807) is 0 Å². The van der Waals surface area contributed by atoms with Gasteiger partial charge in [0.05, 0.1) is 12.5 Å². The van der Waals surface area contributed by atoms with E-state index in [0.29, 0.717) is 12.5 Å². The number of likely N-dealkylation sites (N-methyl/N-ethyl adjacent to an activating group) is 1. The van der Waals surface area contributed by atoms with Crippen LogP contribution in [0.4, 0.5) is 0 Å². The zero-order chi connectivity index (χ0) is 13.5. The normalized spacial score (nSPS) is 20.4. The lowest BCUT2D eigenvalue weighted by atomic mass is 10.0.